The summed E-state index contributed by atoms with van der Waals surface area (Å²) in [6, 6.07) is 3.65. The number of nitrogens with zero attached hydrogens (tertiary/aromatic N) is 2. The quantitative estimate of drug-likeness (QED) is 0.483. The molecule has 0 saturated carbocycles. The number of thioether (sulfide) groups is 1. The molecule has 1 saturated heterocycles. The predicted molar refractivity (Wildman–Crippen MR) is 99.8 cm³/mol. The van der Waals surface area contributed by atoms with Crippen LogP contribution in [0.1, 0.15) is 18.9 Å². The van der Waals surface area contributed by atoms with E-state index >= 15 is 0 Å². The molecule has 1 atom stereocenters. The van der Waals surface area contributed by atoms with E-state index in [2.05, 4.69) is 47.4 Å². The van der Waals surface area contributed by atoms with E-state index in [9.17, 15) is 9.59 Å². The Morgan fingerprint density at radius 1 is 1.46 bits per heavy atom. The molecule has 10 heteroatoms. The van der Waals surface area contributed by atoms with Gasteiger partial charge in [0.1, 0.15) is 11.0 Å². The lowest BCUT2D eigenvalue weighted by molar-refractivity contribution is -0.138. The van der Waals surface area contributed by atoms with Gasteiger partial charge >= 0.3 is 5.97 Å². The molecule has 1 aliphatic heterocycles. The van der Waals surface area contributed by atoms with Gasteiger partial charge in [-0.15, -0.1) is 5.10 Å². The fourth-order valence-electron chi connectivity index (χ4n) is 1.83. The molecular weight excluding hydrogens is 466 g/mol. The summed E-state index contributed by atoms with van der Waals surface area (Å²) in [5.74, 6) is -0.699. The van der Waals surface area contributed by atoms with Crippen molar-refractivity contribution < 1.29 is 19.4 Å². The highest BCUT2D eigenvalue weighted by molar-refractivity contribution is 9.11. The van der Waals surface area contributed by atoms with Crippen LogP contribution in [0.3, 0.4) is 0 Å². The first-order chi connectivity index (χ1) is 11.4. The Balaban J connectivity index is 2.07. The minimum absolute atomic E-state index is 0.252. The molecule has 7 nitrogen and oxygen atoms in total. The first-order valence-corrected chi connectivity index (χ1v) is 9.29. The Morgan fingerprint density at radius 2 is 2.12 bits per heavy atom. The number of halogens is 2. The van der Waals surface area contributed by atoms with Crippen LogP contribution in [0.4, 0.5) is 0 Å². The Hall–Kier alpha value is -1.39. The summed E-state index contributed by atoms with van der Waals surface area (Å²) in [5, 5.41) is 18.7. The Labute approximate surface area is 159 Å². The van der Waals surface area contributed by atoms with Crippen molar-refractivity contribution in [2.24, 2.45) is 10.2 Å². The summed E-state index contributed by atoms with van der Waals surface area (Å²) in [7, 11) is 0. The van der Waals surface area contributed by atoms with Crippen LogP contribution in [-0.2, 0) is 9.59 Å². The van der Waals surface area contributed by atoms with Gasteiger partial charge in [-0.1, -0.05) is 11.8 Å². The van der Waals surface area contributed by atoms with Crippen LogP contribution in [0.15, 0.2) is 31.3 Å². The number of benzene rings is 1. The molecule has 24 heavy (non-hydrogen) atoms. The van der Waals surface area contributed by atoms with Crippen molar-refractivity contribution in [3.63, 3.8) is 0 Å². The van der Waals surface area contributed by atoms with E-state index in [0.717, 1.165) is 26.3 Å². The average Bonchev–Trinajstić information content (AvgIpc) is 2.82. The number of rotatable bonds is 6. The van der Waals surface area contributed by atoms with Crippen LogP contribution < -0.4 is 10.1 Å². The number of aliphatic carboxylic acids is 1. The molecule has 1 amide bonds. The van der Waals surface area contributed by atoms with Crippen LogP contribution in [0, 0.1) is 0 Å². The smallest absolute Gasteiger partial charge is 0.305 e. The minimum atomic E-state index is -1.03. The second-order valence-electron chi connectivity index (χ2n) is 4.59. The second-order valence-corrected chi connectivity index (χ2v) is 7.49. The van der Waals surface area contributed by atoms with Gasteiger partial charge in [-0.25, -0.2) is 0 Å². The lowest BCUT2D eigenvalue weighted by Gasteiger charge is -2.08. The van der Waals surface area contributed by atoms with Crippen molar-refractivity contribution in [3.05, 3.63) is 26.6 Å². The highest BCUT2D eigenvalue weighted by Crippen LogP contribution is 2.34. The molecule has 1 heterocycles. The number of ether oxygens (including phenoxy) is 1. The van der Waals surface area contributed by atoms with Gasteiger partial charge in [-0.3, -0.25) is 9.59 Å². The lowest BCUT2D eigenvalue weighted by Crippen LogP contribution is -2.26. The number of hydrogen-bond donors (Lipinski definition) is 2. The van der Waals surface area contributed by atoms with Gasteiger partial charge in [0.25, 0.3) is 0 Å². The molecule has 1 fully saturated rings. The number of amides is 1. The zero-order valence-corrected chi connectivity index (χ0v) is 16.4. The molecule has 2 N–H and O–H groups in total. The standard InChI is InChI=1S/C14H13Br2N3O4S/c1-2-23-12-8(15)3-7(4-9(12)16)6-17-19-14-18-13(22)10(24-14)5-11(20)21/h3-4,6,10H,2,5H2,1H3,(H,20,21)(H,18,19,22)/b17-6-/t10-/m0/s1. The number of nitrogens with one attached hydrogen (secondary N) is 1. The van der Waals surface area contributed by atoms with Gasteiger partial charge in [-0.05, 0) is 56.5 Å². The summed E-state index contributed by atoms with van der Waals surface area (Å²) in [6.07, 6.45) is 1.27. The third-order valence-corrected chi connectivity index (χ3v) is 5.05. The number of amidine groups is 1. The van der Waals surface area contributed by atoms with Crippen molar-refractivity contribution >= 4 is 66.9 Å². The number of carboxylic acid groups (broad SMARTS) is 1. The van der Waals surface area contributed by atoms with E-state index in [1.54, 1.807) is 0 Å². The highest BCUT2D eigenvalue weighted by Gasteiger charge is 2.32. The van der Waals surface area contributed by atoms with Crippen LogP contribution in [-0.4, -0.2) is 40.2 Å². The molecule has 1 aliphatic rings. The number of carbonyl (C=O) groups excluding carboxylic acids is 1. The largest absolute Gasteiger partial charge is 0.492 e. The van der Waals surface area contributed by atoms with Crippen molar-refractivity contribution in [3.8, 4) is 5.75 Å². The zero-order valence-electron chi connectivity index (χ0n) is 12.5. The fraction of sp³-hybridized carbons (Fsp3) is 0.286. The van der Waals surface area contributed by atoms with Gasteiger partial charge < -0.3 is 15.2 Å². The van der Waals surface area contributed by atoms with Crippen molar-refractivity contribution in [1.82, 2.24) is 5.32 Å². The molecule has 1 aromatic carbocycles. The molecule has 0 radical (unpaired) electrons. The molecule has 128 valence electrons. The summed E-state index contributed by atoms with van der Waals surface area (Å²) >= 11 is 7.91. The maximum absolute atomic E-state index is 11.6. The Morgan fingerprint density at radius 3 is 2.71 bits per heavy atom. The van der Waals surface area contributed by atoms with E-state index in [-0.39, 0.29) is 17.5 Å². The first kappa shape index (κ1) is 18.9. The van der Waals surface area contributed by atoms with E-state index in [4.69, 9.17) is 9.84 Å². The van der Waals surface area contributed by atoms with Gasteiger partial charge in [-0.2, -0.15) is 5.10 Å². The zero-order chi connectivity index (χ0) is 17.7. The molecule has 0 aliphatic carbocycles. The van der Waals surface area contributed by atoms with E-state index in [1.165, 1.54) is 6.21 Å². The molecular formula is C14H13Br2N3O4S. The maximum atomic E-state index is 11.6. The van der Waals surface area contributed by atoms with Crippen LogP contribution in [0.25, 0.3) is 0 Å². The van der Waals surface area contributed by atoms with Crippen molar-refractivity contribution in [2.45, 2.75) is 18.6 Å². The van der Waals surface area contributed by atoms with Crippen LogP contribution in [0.5, 0.6) is 5.75 Å². The van der Waals surface area contributed by atoms with Gasteiger partial charge in [0.15, 0.2) is 5.17 Å². The molecule has 0 unspecified atom stereocenters. The maximum Gasteiger partial charge on any atom is 0.305 e. The van der Waals surface area contributed by atoms with Crippen molar-refractivity contribution in [1.29, 1.82) is 0 Å². The first-order valence-electron chi connectivity index (χ1n) is 6.83. The summed E-state index contributed by atoms with van der Waals surface area (Å²) in [5.41, 5.74) is 0.776. The van der Waals surface area contributed by atoms with Gasteiger partial charge in [0.2, 0.25) is 5.91 Å². The third-order valence-electron chi connectivity index (χ3n) is 2.80. The van der Waals surface area contributed by atoms with E-state index in [1.807, 2.05) is 19.1 Å². The normalized spacial score (nSPS) is 19.0. The molecule has 2 rings (SSSR count). The number of hydrogen-bond acceptors (Lipinski definition) is 6. The minimum Gasteiger partial charge on any atom is -0.492 e. The molecule has 1 aromatic rings. The topological polar surface area (TPSA) is 100 Å². The second kappa shape index (κ2) is 8.63. The fourth-order valence-corrected chi connectivity index (χ4v) is 4.20. The van der Waals surface area contributed by atoms with E-state index in [0.29, 0.717) is 12.4 Å². The molecule has 0 spiro atoms. The third kappa shape index (κ3) is 5.05. The average molecular weight is 479 g/mol. The lowest BCUT2D eigenvalue weighted by atomic mass is 10.2. The SMILES string of the molecule is CCOc1c(Br)cc(/C=N\N=C2\NC(=O)[C@H](CC(=O)O)S2)cc1Br. The number of carbonyl (C=O) groups is 2. The Kier molecular flexibility index (Phi) is 6.81. The van der Waals surface area contributed by atoms with Gasteiger partial charge in [0.05, 0.1) is 28.2 Å². The molecule has 0 aromatic heterocycles. The summed E-state index contributed by atoms with van der Waals surface area (Å²) < 4.78 is 7.05. The molecule has 0 bridgehead atoms. The summed E-state index contributed by atoms with van der Waals surface area (Å²) in [6.45, 7) is 2.45. The van der Waals surface area contributed by atoms with Crippen LogP contribution in [0.2, 0.25) is 0 Å². The van der Waals surface area contributed by atoms with Gasteiger partial charge in [0, 0.05) is 0 Å². The predicted octanol–water partition coefficient (Wildman–Crippen LogP) is 3.01. The Bertz CT molecular complexity index is 701. The van der Waals surface area contributed by atoms with E-state index < -0.39 is 11.2 Å². The summed E-state index contributed by atoms with van der Waals surface area (Å²) in [4.78, 5) is 22.2. The monoisotopic (exact) mass is 477 g/mol. The van der Waals surface area contributed by atoms with Crippen molar-refractivity contribution in [2.75, 3.05) is 6.61 Å². The number of carboxylic acids is 1. The highest BCUT2D eigenvalue weighted by atomic mass is 79.9. The van der Waals surface area contributed by atoms with Crippen LogP contribution >= 0.6 is 43.6 Å².